The van der Waals surface area contributed by atoms with Gasteiger partial charge in [0.2, 0.25) is 0 Å². The number of methoxy groups -OCH3 is 1. The Morgan fingerprint density at radius 1 is 1.13 bits per heavy atom. The third-order valence-electron chi connectivity index (χ3n) is 6.70. The second-order valence-corrected chi connectivity index (χ2v) is 8.18. The molecule has 23 heavy (non-hydrogen) atoms. The van der Waals surface area contributed by atoms with E-state index in [9.17, 15) is 4.79 Å². The van der Waals surface area contributed by atoms with Crippen molar-refractivity contribution in [3.63, 3.8) is 0 Å². The molecule has 124 valence electrons. The normalized spacial score (nSPS) is 35.8. The summed E-state index contributed by atoms with van der Waals surface area (Å²) in [5.41, 5.74) is 0.985. The van der Waals surface area contributed by atoms with Gasteiger partial charge < -0.3 is 10.1 Å². The van der Waals surface area contributed by atoms with Crippen molar-refractivity contribution in [1.29, 1.82) is 0 Å². The van der Waals surface area contributed by atoms with Crippen molar-refractivity contribution in [2.75, 3.05) is 7.11 Å². The lowest BCUT2D eigenvalue weighted by atomic mass is 9.48. The first kappa shape index (κ1) is 15.0. The van der Waals surface area contributed by atoms with Gasteiger partial charge in [-0.15, -0.1) is 0 Å². The quantitative estimate of drug-likeness (QED) is 0.911. The van der Waals surface area contributed by atoms with Gasteiger partial charge in [-0.25, -0.2) is 0 Å². The fourth-order valence-corrected chi connectivity index (χ4v) is 5.97. The molecule has 0 radical (unpaired) electrons. The third kappa shape index (κ3) is 2.54. The fourth-order valence-electron chi connectivity index (χ4n) is 5.97. The molecule has 1 aromatic rings. The van der Waals surface area contributed by atoms with Crippen molar-refractivity contribution in [2.45, 2.75) is 51.5 Å². The number of ether oxygens (including phenoxy) is 1. The predicted molar refractivity (Wildman–Crippen MR) is 90.5 cm³/mol. The maximum absolute atomic E-state index is 12.7. The van der Waals surface area contributed by atoms with Gasteiger partial charge in [-0.2, -0.15) is 0 Å². The van der Waals surface area contributed by atoms with Crippen LogP contribution >= 0.6 is 0 Å². The van der Waals surface area contributed by atoms with Gasteiger partial charge in [0, 0.05) is 6.04 Å². The summed E-state index contributed by atoms with van der Waals surface area (Å²) in [6, 6.07) is 7.74. The molecule has 0 aromatic heterocycles. The number of nitrogens with one attached hydrogen (secondary N) is 1. The Balaban J connectivity index is 1.51. The number of amides is 1. The minimum absolute atomic E-state index is 0.00527. The Bertz CT molecular complexity index is 574. The van der Waals surface area contributed by atoms with Crippen molar-refractivity contribution in [1.82, 2.24) is 5.32 Å². The largest absolute Gasteiger partial charge is 0.496 e. The van der Waals surface area contributed by atoms with E-state index in [1.54, 1.807) is 7.11 Å². The maximum atomic E-state index is 12.7. The van der Waals surface area contributed by atoms with Crippen molar-refractivity contribution in [3.8, 4) is 5.75 Å². The van der Waals surface area contributed by atoms with E-state index in [4.69, 9.17) is 4.74 Å². The van der Waals surface area contributed by atoms with Crippen LogP contribution in [0, 0.1) is 23.2 Å². The molecule has 5 rings (SSSR count). The smallest absolute Gasteiger partial charge is 0.255 e. The highest BCUT2D eigenvalue weighted by atomic mass is 16.5. The molecule has 1 amide bonds. The van der Waals surface area contributed by atoms with Crippen molar-refractivity contribution >= 4 is 5.91 Å². The van der Waals surface area contributed by atoms with E-state index in [0.29, 0.717) is 16.7 Å². The molecule has 0 unspecified atom stereocenters. The molecule has 4 aliphatic rings. The van der Waals surface area contributed by atoms with E-state index >= 15 is 0 Å². The lowest BCUT2D eigenvalue weighted by Crippen LogP contribution is -2.55. The molecule has 1 aromatic carbocycles. The molecule has 1 atom stereocenters. The van der Waals surface area contributed by atoms with E-state index in [1.807, 2.05) is 24.3 Å². The Labute approximate surface area is 138 Å². The van der Waals surface area contributed by atoms with Crippen LogP contribution in [0.3, 0.4) is 0 Å². The summed E-state index contributed by atoms with van der Waals surface area (Å²) in [5, 5.41) is 3.31. The van der Waals surface area contributed by atoms with Crippen LogP contribution in [0.15, 0.2) is 24.3 Å². The van der Waals surface area contributed by atoms with Crippen molar-refractivity contribution < 1.29 is 9.53 Å². The zero-order valence-corrected chi connectivity index (χ0v) is 14.2. The second-order valence-electron chi connectivity index (χ2n) is 8.18. The summed E-state index contributed by atoms with van der Waals surface area (Å²) in [7, 11) is 1.62. The van der Waals surface area contributed by atoms with Crippen LogP contribution in [0.25, 0.3) is 0 Å². The van der Waals surface area contributed by atoms with Gasteiger partial charge in [0.15, 0.2) is 0 Å². The summed E-state index contributed by atoms with van der Waals surface area (Å²) in [6.45, 7) is 2.22. The minimum Gasteiger partial charge on any atom is -0.496 e. The topological polar surface area (TPSA) is 38.3 Å². The molecule has 3 heteroatoms. The lowest BCUT2D eigenvalue weighted by molar-refractivity contribution is -0.0688. The monoisotopic (exact) mass is 313 g/mol. The Morgan fingerprint density at radius 3 is 2.26 bits per heavy atom. The maximum Gasteiger partial charge on any atom is 0.255 e. The number of rotatable bonds is 4. The van der Waals surface area contributed by atoms with E-state index in [2.05, 4.69) is 12.2 Å². The first-order valence-corrected chi connectivity index (χ1v) is 9.03. The highest BCUT2D eigenvalue weighted by Gasteiger charge is 2.53. The summed E-state index contributed by atoms with van der Waals surface area (Å²) >= 11 is 0. The zero-order chi connectivity index (χ0) is 16.0. The van der Waals surface area contributed by atoms with Gasteiger partial charge in [0.05, 0.1) is 12.7 Å². The Morgan fingerprint density at radius 2 is 1.70 bits per heavy atom. The van der Waals surface area contributed by atoms with Gasteiger partial charge in [-0.3, -0.25) is 4.79 Å². The van der Waals surface area contributed by atoms with E-state index < -0.39 is 0 Å². The van der Waals surface area contributed by atoms with E-state index in [-0.39, 0.29) is 11.9 Å². The van der Waals surface area contributed by atoms with Crippen molar-refractivity contribution in [3.05, 3.63) is 29.8 Å². The number of carbonyl (C=O) groups is 1. The summed E-state index contributed by atoms with van der Waals surface area (Å²) in [4.78, 5) is 12.7. The first-order chi connectivity index (χ1) is 11.1. The molecule has 4 fully saturated rings. The molecule has 0 spiro atoms. The van der Waals surface area contributed by atoms with Gasteiger partial charge >= 0.3 is 0 Å². The Hall–Kier alpha value is -1.51. The molecule has 1 N–H and O–H groups in total. The molecule has 4 aliphatic carbocycles. The van der Waals surface area contributed by atoms with E-state index in [1.165, 1.54) is 38.5 Å². The van der Waals surface area contributed by atoms with Crippen LogP contribution in [-0.4, -0.2) is 19.1 Å². The summed E-state index contributed by atoms with van der Waals surface area (Å²) in [6.07, 6.45) is 8.25. The third-order valence-corrected chi connectivity index (χ3v) is 6.70. The molecular formula is C20H27NO2. The second kappa shape index (κ2) is 5.54. The zero-order valence-electron chi connectivity index (χ0n) is 14.2. The first-order valence-electron chi connectivity index (χ1n) is 9.03. The molecule has 4 saturated carbocycles. The minimum atomic E-state index is 0.00527. The number of carbonyl (C=O) groups excluding carboxylic acids is 1. The molecule has 4 bridgehead atoms. The summed E-state index contributed by atoms with van der Waals surface area (Å²) < 4.78 is 5.34. The number of hydrogen-bond donors (Lipinski definition) is 1. The van der Waals surface area contributed by atoms with Gasteiger partial charge in [0.1, 0.15) is 5.75 Å². The molecule has 0 saturated heterocycles. The standard InChI is InChI=1S/C20H27NO2/c1-13(21-19(22)17-5-3-4-6-18(17)23-2)20-10-14-7-15(11-20)9-16(8-14)12-20/h3-6,13-16H,7-12H2,1-2H3,(H,21,22)/t13-,14?,15?,16?,20?/m0/s1. The molecular weight excluding hydrogens is 286 g/mol. The van der Waals surface area contributed by atoms with Crippen LogP contribution in [0.5, 0.6) is 5.75 Å². The predicted octanol–water partition coefficient (Wildman–Crippen LogP) is 4.03. The van der Waals surface area contributed by atoms with E-state index in [0.717, 1.165) is 17.8 Å². The van der Waals surface area contributed by atoms with Crippen LogP contribution in [0.2, 0.25) is 0 Å². The highest BCUT2D eigenvalue weighted by molar-refractivity contribution is 5.97. The highest BCUT2D eigenvalue weighted by Crippen LogP contribution is 2.61. The van der Waals surface area contributed by atoms with Gasteiger partial charge in [-0.05, 0) is 80.8 Å². The van der Waals surface area contributed by atoms with Gasteiger partial charge in [0.25, 0.3) is 5.91 Å². The van der Waals surface area contributed by atoms with Crippen molar-refractivity contribution in [2.24, 2.45) is 23.2 Å². The van der Waals surface area contributed by atoms with Crippen LogP contribution in [0.4, 0.5) is 0 Å². The van der Waals surface area contributed by atoms with Crippen LogP contribution in [-0.2, 0) is 0 Å². The molecule has 0 aliphatic heterocycles. The number of para-hydroxylation sites is 1. The molecule has 3 nitrogen and oxygen atoms in total. The molecule has 0 heterocycles. The SMILES string of the molecule is COc1ccccc1C(=O)N[C@@H](C)C12CC3CC(CC(C3)C1)C2. The number of benzene rings is 1. The average molecular weight is 313 g/mol. The summed E-state index contributed by atoms with van der Waals surface area (Å²) in [5.74, 6) is 3.39. The van der Waals surface area contributed by atoms with Crippen LogP contribution < -0.4 is 10.1 Å². The van der Waals surface area contributed by atoms with Gasteiger partial charge in [-0.1, -0.05) is 12.1 Å². The lowest BCUT2D eigenvalue weighted by Gasteiger charge is -2.59. The van der Waals surface area contributed by atoms with Crippen LogP contribution in [0.1, 0.15) is 55.8 Å². The average Bonchev–Trinajstić information content (AvgIpc) is 2.53. The Kier molecular flexibility index (Phi) is 3.62. The fraction of sp³-hybridized carbons (Fsp3) is 0.650. The number of hydrogen-bond acceptors (Lipinski definition) is 2.